The predicted molar refractivity (Wildman–Crippen MR) is 114 cm³/mol. The number of nitrogens with one attached hydrogen (secondary N) is 2. The summed E-state index contributed by atoms with van der Waals surface area (Å²) in [6.07, 6.45) is 3.46. The lowest BCUT2D eigenvalue weighted by molar-refractivity contribution is 0.0487. The average Bonchev–Trinajstić information content (AvgIpc) is 2.57. The highest BCUT2D eigenvalue weighted by atomic mass is 127. The van der Waals surface area contributed by atoms with Crippen LogP contribution < -0.4 is 10.6 Å². The van der Waals surface area contributed by atoms with Crippen molar-refractivity contribution >= 4 is 29.9 Å². The summed E-state index contributed by atoms with van der Waals surface area (Å²) in [6.45, 7) is 12.1. The number of halogens is 1. The molecular formula is C17H39IN4O2. The number of ether oxygens (including phenoxy) is 2. The van der Waals surface area contributed by atoms with Crippen molar-refractivity contribution in [3.8, 4) is 0 Å². The molecule has 0 saturated heterocycles. The first kappa shape index (κ1) is 26.1. The third-order valence-corrected chi connectivity index (χ3v) is 3.88. The zero-order valence-corrected chi connectivity index (χ0v) is 18.6. The summed E-state index contributed by atoms with van der Waals surface area (Å²) >= 11 is 0. The summed E-state index contributed by atoms with van der Waals surface area (Å²) in [6, 6.07) is 0.611. The Hall–Kier alpha value is -0.120. The van der Waals surface area contributed by atoms with Gasteiger partial charge in [-0.3, -0.25) is 4.99 Å². The second-order valence-electron chi connectivity index (χ2n) is 5.74. The lowest BCUT2D eigenvalue weighted by Crippen LogP contribution is -2.43. The van der Waals surface area contributed by atoms with Crippen LogP contribution in [0, 0.1) is 0 Å². The van der Waals surface area contributed by atoms with Gasteiger partial charge in [-0.2, -0.15) is 0 Å². The van der Waals surface area contributed by atoms with Gasteiger partial charge in [-0.05, 0) is 26.8 Å². The average molecular weight is 458 g/mol. The highest BCUT2D eigenvalue weighted by Gasteiger charge is 2.06. The number of unbranched alkanes of at least 4 members (excludes halogenated alkanes) is 1. The number of guanidine groups is 1. The van der Waals surface area contributed by atoms with Gasteiger partial charge < -0.3 is 25.0 Å². The fourth-order valence-corrected chi connectivity index (χ4v) is 1.91. The Kier molecular flexibility index (Phi) is 20.9. The molecule has 0 amide bonds. The number of nitrogens with zero attached hydrogens (tertiary/aromatic N) is 2. The highest BCUT2D eigenvalue weighted by molar-refractivity contribution is 14.0. The van der Waals surface area contributed by atoms with E-state index in [0.717, 1.165) is 38.6 Å². The zero-order chi connectivity index (χ0) is 17.3. The van der Waals surface area contributed by atoms with Gasteiger partial charge in [0.2, 0.25) is 0 Å². The van der Waals surface area contributed by atoms with Crippen LogP contribution in [0.25, 0.3) is 0 Å². The number of hydrogen-bond acceptors (Lipinski definition) is 4. The lowest BCUT2D eigenvalue weighted by Gasteiger charge is -2.23. The second-order valence-corrected chi connectivity index (χ2v) is 5.74. The molecule has 0 heterocycles. The molecule has 7 heteroatoms. The maximum absolute atomic E-state index is 5.52. The molecule has 2 N–H and O–H groups in total. The van der Waals surface area contributed by atoms with Crippen LogP contribution in [0.3, 0.4) is 0 Å². The lowest BCUT2D eigenvalue weighted by atomic mass is 10.2. The monoisotopic (exact) mass is 458 g/mol. The molecule has 0 radical (unpaired) electrons. The minimum atomic E-state index is 0. The van der Waals surface area contributed by atoms with Gasteiger partial charge in [0, 0.05) is 39.3 Å². The fraction of sp³-hybridized carbons (Fsp3) is 0.941. The second kappa shape index (κ2) is 19.2. The summed E-state index contributed by atoms with van der Waals surface area (Å²) in [5.41, 5.74) is 0. The summed E-state index contributed by atoms with van der Waals surface area (Å²) in [4.78, 5) is 6.56. The molecule has 1 unspecified atom stereocenters. The normalized spacial score (nSPS) is 12.8. The van der Waals surface area contributed by atoms with Crippen molar-refractivity contribution in [2.75, 3.05) is 60.2 Å². The van der Waals surface area contributed by atoms with Crippen molar-refractivity contribution in [1.82, 2.24) is 15.5 Å². The van der Waals surface area contributed by atoms with Crippen molar-refractivity contribution in [3.63, 3.8) is 0 Å². The Bertz CT molecular complexity index is 294. The Morgan fingerprint density at radius 3 is 2.25 bits per heavy atom. The fourth-order valence-electron chi connectivity index (χ4n) is 1.91. The first-order chi connectivity index (χ1) is 11.2. The molecular weight excluding hydrogens is 419 g/mol. The molecule has 146 valence electrons. The molecule has 0 aromatic rings. The largest absolute Gasteiger partial charge is 0.379 e. The van der Waals surface area contributed by atoms with Crippen LogP contribution in [0.2, 0.25) is 0 Å². The first-order valence-electron chi connectivity index (χ1n) is 8.95. The van der Waals surface area contributed by atoms with Gasteiger partial charge in [0.25, 0.3) is 0 Å². The highest BCUT2D eigenvalue weighted by Crippen LogP contribution is 1.97. The topological polar surface area (TPSA) is 58.1 Å². The van der Waals surface area contributed by atoms with Gasteiger partial charge in [-0.15, -0.1) is 24.0 Å². The van der Waals surface area contributed by atoms with E-state index in [9.17, 15) is 0 Å². The van der Waals surface area contributed by atoms with E-state index in [2.05, 4.69) is 48.3 Å². The molecule has 0 bridgehead atoms. The molecule has 1 atom stereocenters. The van der Waals surface area contributed by atoms with Gasteiger partial charge in [0.1, 0.15) is 0 Å². The first-order valence-corrected chi connectivity index (χ1v) is 8.95. The molecule has 6 nitrogen and oxygen atoms in total. The zero-order valence-electron chi connectivity index (χ0n) is 16.3. The number of rotatable bonds is 14. The molecule has 0 spiro atoms. The van der Waals surface area contributed by atoms with Crippen LogP contribution in [-0.4, -0.2) is 77.1 Å². The summed E-state index contributed by atoms with van der Waals surface area (Å²) in [5.74, 6) is 0.824. The Balaban J connectivity index is 0. The van der Waals surface area contributed by atoms with E-state index in [4.69, 9.17) is 9.47 Å². The smallest absolute Gasteiger partial charge is 0.191 e. The van der Waals surface area contributed by atoms with Gasteiger partial charge in [0.15, 0.2) is 5.96 Å². The van der Waals surface area contributed by atoms with Gasteiger partial charge in [0.05, 0.1) is 19.8 Å². The van der Waals surface area contributed by atoms with Crippen LogP contribution in [0.4, 0.5) is 0 Å². The molecule has 0 aromatic heterocycles. The molecule has 0 aliphatic rings. The third kappa shape index (κ3) is 15.4. The van der Waals surface area contributed by atoms with E-state index in [-0.39, 0.29) is 24.0 Å². The van der Waals surface area contributed by atoms with Gasteiger partial charge in [-0.1, -0.05) is 20.3 Å². The quantitative estimate of drug-likeness (QED) is 0.181. The van der Waals surface area contributed by atoms with Crippen molar-refractivity contribution in [2.24, 2.45) is 4.99 Å². The van der Waals surface area contributed by atoms with Crippen molar-refractivity contribution in [3.05, 3.63) is 0 Å². The van der Waals surface area contributed by atoms with Crippen molar-refractivity contribution in [2.45, 2.75) is 46.1 Å². The minimum Gasteiger partial charge on any atom is -0.379 e. The van der Waals surface area contributed by atoms with Crippen LogP contribution in [0.1, 0.15) is 40.0 Å². The molecule has 0 saturated carbocycles. The van der Waals surface area contributed by atoms with Gasteiger partial charge >= 0.3 is 0 Å². The van der Waals surface area contributed by atoms with Crippen LogP contribution >= 0.6 is 24.0 Å². The SMILES string of the molecule is CCCCOCCOCCNC(=NC)NCCN(C)C(C)CC.I. The number of likely N-dealkylation sites (N-methyl/N-ethyl adjacent to an activating group) is 1. The van der Waals surface area contributed by atoms with E-state index in [0.29, 0.717) is 25.9 Å². The van der Waals surface area contributed by atoms with Gasteiger partial charge in [-0.25, -0.2) is 0 Å². The van der Waals surface area contributed by atoms with E-state index in [1.54, 1.807) is 7.05 Å². The summed E-state index contributed by atoms with van der Waals surface area (Å²) in [7, 11) is 3.94. The molecule has 24 heavy (non-hydrogen) atoms. The molecule has 0 rings (SSSR count). The van der Waals surface area contributed by atoms with Crippen LogP contribution in [0.5, 0.6) is 0 Å². The van der Waals surface area contributed by atoms with E-state index in [1.165, 1.54) is 12.8 Å². The molecule has 0 aliphatic heterocycles. The maximum Gasteiger partial charge on any atom is 0.191 e. The minimum absolute atomic E-state index is 0. The van der Waals surface area contributed by atoms with Crippen LogP contribution in [0.15, 0.2) is 4.99 Å². The molecule has 0 aliphatic carbocycles. The molecule has 0 fully saturated rings. The van der Waals surface area contributed by atoms with Crippen molar-refractivity contribution < 1.29 is 9.47 Å². The van der Waals surface area contributed by atoms with E-state index < -0.39 is 0 Å². The summed E-state index contributed by atoms with van der Waals surface area (Å²) < 4.78 is 11.0. The Morgan fingerprint density at radius 1 is 1.04 bits per heavy atom. The Morgan fingerprint density at radius 2 is 1.67 bits per heavy atom. The maximum atomic E-state index is 5.52. The predicted octanol–water partition coefficient (Wildman–Crippen LogP) is 2.33. The van der Waals surface area contributed by atoms with E-state index in [1.807, 2.05) is 0 Å². The summed E-state index contributed by atoms with van der Waals surface area (Å²) in [5, 5.41) is 6.57. The third-order valence-electron chi connectivity index (χ3n) is 3.88. The standard InChI is InChI=1S/C17H38N4O2.HI/c1-6-8-12-22-14-15-23-13-10-20-17(18-4)19-9-11-21(5)16(3)7-2;/h16H,6-15H2,1-5H3,(H2,18,19,20);1H. The van der Waals surface area contributed by atoms with E-state index >= 15 is 0 Å². The Labute approximate surface area is 166 Å². The van der Waals surface area contributed by atoms with Crippen molar-refractivity contribution in [1.29, 1.82) is 0 Å². The number of aliphatic imine (C=N–C) groups is 1. The van der Waals surface area contributed by atoms with Crippen LogP contribution in [-0.2, 0) is 9.47 Å². The number of hydrogen-bond donors (Lipinski definition) is 2. The molecule has 0 aromatic carbocycles.